The van der Waals surface area contributed by atoms with Crippen LogP contribution < -0.4 is 26.5 Å². The van der Waals surface area contributed by atoms with E-state index in [2.05, 4.69) is 0 Å². The molecule has 0 aliphatic carbocycles. The number of hydrogen-bond acceptors (Lipinski definition) is 5. The molecule has 0 amide bonds. The second kappa shape index (κ2) is 8.76. The number of nitrogens with zero attached hydrogens (tertiary/aromatic N) is 2. The van der Waals surface area contributed by atoms with Gasteiger partial charge in [-0.3, -0.25) is 9.36 Å². The van der Waals surface area contributed by atoms with E-state index in [4.69, 9.17) is 15.2 Å². The van der Waals surface area contributed by atoms with E-state index in [-0.39, 0.29) is 35.9 Å². The van der Waals surface area contributed by atoms with Crippen molar-refractivity contribution in [1.82, 2.24) is 9.13 Å². The molecule has 0 spiro atoms. The Labute approximate surface area is 168 Å². The third-order valence-electron chi connectivity index (χ3n) is 4.32. The van der Waals surface area contributed by atoms with E-state index < -0.39 is 35.3 Å². The summed E-state index contributed by atoms with van der Waals surface area (Å²) >= 11 is 0. The van der Waals surface area contributed by atoms with Gasteiger partial charge < -0.3 is 19.8 Å². The van der Waals surface area contributed by atoms with E-state index in [0.717, 1.165) is 16.7 Å². The zero-order valence-corrected chi connectivity index (χ0v) is 15.9. The van der Waals surface area contributed by atoms with Crippen molar-refractivity contribution in [2.45, 2.75) is 13.2 Å². The molecule has 30 heavy (non-hydrogen) atoms. The molecule has 0 aliphatic heterocycles. The molecule has 10 heteroatoms. The Morgan fingerprint density at radius 2 is 1.73 bits per heavy atom. The maximum atomic E-state index is 14.3. The number of nitrogen functional groups attached to an aromatic ring is 1. The van der Waals surface area contributed by atoms with E-state index >= 15 is 0 Å². The molecule has 1 aromatic heterocycles. The first-order valence-corrected chi connectivity index (χ1v) is 8.82. The third-order valence-corrected chi connectivity index (χ3v) is 4.32. The minimum Gasteiger partial charge on any atom is -0.491 e. The van der Waals surface area contributed by atoms with E-state index in [1.165, 1.54) is 42.1 Å². The van der Waals surface area contributed by atoms with Crippen molar-refractivity contribution < 1.29 is 22.6 Å². The first kappa shape index (κ1) is 21.0. The lowest BCUT2D eigenvalue weighted by Crippen LogP contribution is -2.39. The van der Waals surface area contributed by atoms with Crippen LogP contribution in [-0.4, -0.2) is 15.7 Å². The number of benzene rings is 2. The Balaban J connectivity index is 1.76. The van der Waals surface area contributed by atoms with Crippen LogP contribution in [0.5, 0.6) is 11.5 Å². The number of aryl methyl sites for hydroxylation is 1. The molecule has 2 N–H and O–H groups in total. The van der Waals surface area contributed by atoms with Gasteiger partial charge in [-0.2, -0.15) is 0 Å². The van der Waals surface area contributed by atoms with Gasteiger partial charge >= 0.3 is 5.69 Å². The fourth-order valence-electron chi connectivity index (χ4n) is 2.68. The van der Waals surface area contributed by atoms with Crippen molar-refractivity contribution in [3.63, 3.8) is 0 Å². The number of rotatable bonds is 7. The summed E-state index contributed by atoms with van der Waals surface area (Å²) in [6.45, 7) is -0.669. The van der Waals surface area contributed by atoms with Gasteiger partial charge in [0.2, 0.25) is 0 Å². The molecule has 0 atom stereocenters. The average molecular weight is 421 g/mol. The Hall–Kier alpha value is -3.69. The van der Waals surface area contributed by atoms with Gasteiger partial charge in [0.25, 0.3) is 5.56 Å². The molecule has 0 unspecified atom stereocenters. The van der Waals surface area contributed by atoms with Gasteiger partial charge in [-0.25, -0.2) is 18.0 Å². The fraction of sp³-hybridized carbons (Fsp3) is 0.200. The Kier molecular flexibility index (Phi) is 6.14. The van der Waals surface area contributed by atoms with Crippen LogP contribution in [0.1, 0.15) is 5.56 Å². The van der Waals surface area contributed by atoms with Gasteiger partial charge in [-0.15, -0.1) is 0 Å². The van der Waals surface area contributed by atoms with Crippen molar-refractivity contribution in [1.29, 1.82) is 0 Å². The summed E-state index contributed by atoms with van der Waals surface area (Å²) in [6, 6.07) is 6.92. The van der Waals surface area contributed by atoms with Crippen LogP contribution in [0.25, 0.3) is 0 Å². The van der Waals surface area contributed by atoms with Crippen molar-refractivity contribution in [3.8, 4) is 11.5 Å². The zero-order valence-electron chi connectivity index (χ0n) is 15.9. The van der Waals surface area contributed by atoms with Crippen LogP contribution >= 0.6 is 0 Å². The largest absolute Gasteiger partial charge is 0.491 e. The Morgan fingerprint density at radius 1 is 1.00 bits per heavy atom. The second-order valence-electron chi connectivity index (χ2n) is 6.36. The molecule has 7 nitrogen and oxygen atoms in total. The molecular weight excluding hydrogens is 403 g/mol. The molecule has 0 radical (unpaired) electrons. The molecule has 0 aliphatic rings. The predicted octanol–water partition coefficient (Wildman–Crippen LogP) is 2.20. The SMILES string of the molecule is Cn1ccc(=O)n(CCOc2ccc(F)c(F)c2COc2ccc(F)c(N)c2)c1=O. The van der Waals surface area contributed by atoms with E-state index in [1.54, 1.807) is 0 Å². The summed E-state index contributed by atoms with van der Waals surface area (Å²) in [5.74, 6) is -2.78. The average Bonchev–Trinajstić information content (AvgIpc) is 2.72. The monoisotopic (exact) mass is 421 g/mol. The molecule has 0 saturated carbocycles. The number of halogens is 3. The zero-order chi connectivity index (χ0) is 21.8. The van der Waals surface area contributed by atoms with Crippen molar-refractivity contribution in [2.24, 2.45) is 7.05 Å². The third kappa shape index (κ3) is 4.48. The lowest BCUT2D eigenvalue weighted by Gasteiger charge is -2.14. The predicted molar refractivity (Wildman–Crippen MR) is 103 cm³/mol. The van der Waals surface area contributed by atoms with Crippen LogP contribution in [0.2, 0.25) is 0 Å². The second-order valence-corrected chi connectivity index (χ2v) is 6.36. The quantitative estimate of drug-likeness (QED) is 0.591. The minimum atomic E-state index is -1.17. The highest BCUT2D eigenvalue weighted by molar-refractivity contribution is 5.45. The van der Waals surface area contributed by atoms with Gasteiger partial charge in [0.15, 0.2) is 11.6 Å². The number of anilines is 1. The molecule has 158 valence electrons. The highest BCUT2D eigenvalue weighted by atomic mass is 19.2. The molecule has 1 heterocycles. The van der Waals surface area contributed by atoms with Crippen LogP contribution in [0, 0.1) is 17.5 Å². The van der Waals surface area contributed by atoms with Gasteiger partial charge in [0, 0.05) is 25.4 Å². The van der Waals surface area contributed by atoms with Gasteiger partial charge in [-0.05, 0) is 24.3 Å². The normalized spacial score (nSPS) is 10.8. The number of aromatic nitrogens is 2. The Morgan fingerprint density at radius 3 is 2.47 bits per heavy atom. The van der Waals surface area contributed by atoms with E-state index in [1.807, 2.05) is 0 Å². The molecule has 0 bridgehead atoms. The van der Waals surface area contributed by atoms with Crippen molar-refractivity contribution >= 4 is 5.69 Å². The highest BCUT2D eigenvalue weighted by Crippen LogP contribution is 2.26. The summed E-state index contributed by atoms with van der Waals surface area (Å²) in [5, 5.41) is 0. The topological polar surface area (TPSA) is 88.5 Å². The van der Waals surface area contributed by atoms with E-state index in [9.17, 15) is 22.8 Å². The number of nitrogens with two attached hydrogens (primary N) is 1. The number of ether oxygens (including phenoxy) is 2. The standard InChI is InChI=1S/C20H18F3N3O4/c1-25-7-6-18(27)26(20(25)28)8-9-29-17-5-4-15(22)19(23)13(17)11-30-12-2-3-14(21)16(24)10-12/h2-7,10H,8-9,11,24H2,1H3. The van der Waals surface area contributed by atoms with Crippen molar-refractivity contribution in [2.75, 3.05) is 12.3 Å². The molecule has 0 fully saturated rings. The smallest absolute Gasteiger partial charge is 0.330 e. The lowest BCUT2D eigenvalue weighted by atomic mass is 10.2. The maximum Gasteiger partial charge on any atom is 0.330 e. The summed E-state index contributed by atoms with van der Waals surface area (Å²) in [6.07, 6.45) is 1.34. The summed E-state index contributed by atoms with van der Waals surface area (Å²) in [7, 11) is 1.49. The highest BCUT2D eigenvalue weighted by Gasteiger charge is 2.16. The first-order valence-electron chi connectivity index (χ1n) is 8.82. The summed E-state index contributed by atoms with van der Waals surface area (Å²) < 4.78 is 54.3. The van der Waals surface area contributed by atoms with Gasteiger partial charge in [0.05, 0.1) is 17.8 Å². The molecule has 0 saturated heterocycles. The fourth-order valence-corrected chi connectivity index (χ4v) is 2.68. The van der Waals surface area contributed by atoms with Gasteiger partial charge in [-0.1, -0.05) is 0 Å². The molecule has 3 aromatic rings. The number of hydrogen-bond donors (Lipinski definition) is 1. The lowest BCUT2D eigenvalue weighted by molar-refractivity contribution is 0.260. The molecular formula is C20H18F3N3O4. The van der Waals surface area contributed by atoms with Gasteiger partial charge in [0.1, 0.15) is 30.5 Å². The molecule has 2 aromatic carbocycles. The Bertz CT molecular complexity index is 1190. The van der Waals surface area contributed by atoms with Crippen LogP contribution in [0.4, 0.5) is 18.9 Å². The summed E-state index contributed by atoms with van der Waals surface area (Å²) in [5.41, 5.74) is 4.05. The first-order chi connectivity index (χ1) is 14.3. The van der Waals surface area contributed by atoms with Crippen LogP contribution in [0.15, 0.2) is 52.2 Å². The summed E-state index contributed by atoms with van der Waals surface area (Å²) in [4.78, 5) is 23.9. The van der Waals surface area contributed by atoms with E-state index in [0.29, 0.717) is 0 Å². The van der Waals surface area contributed by atoms with Crippen molar-refractivity contribution in [3.05, 3.63) is 86.4 Å². The maximum absolute atomic E-state index is 14.3. The molecule has 3 rings (SSSR count). The minimum absolute atomic E-state index is 0.0233. The van der Waals surface area contributed by atoms with Crippen LogP contribution in [0.3, 0.4) is 0 Å². The van der Waals surface area contributed by atoms with Crippen LogP contribution in [-0.2, 0) is 20.2 Å².